The SMILES string of the molecule is CC(=O)NCC(=O)NC[C@@H]1COCc2c(C)nnn2C1. The van der Waals surface area contributed by atoms with Crippen molar-refractivity contribution in [3.8, 4) is 0 Å². The number of aryl methyl sites for hydroxylation is 1. The van der Waals surface area contributed by atoms with E-state index in [4.69, 9.17) is 4.74 Å². The molecule has 8 heteroatoms. The van der Waals surface area contributed by atoms with E-state index in [2.05, 4.69) is 20.9 Å². The number of amides is 2. The minimum Gasteiger partial charge on any atom is -0.375 e. The van der Waals surface area contributed by atoms with E-state index in [1.54, 1.807) is 0 Å². The molecule has 0 aromatic carbocycles. The van der Waals surface area contributed by atoms with Crippen LogP contribution in [0.2, 0.25) is 0 Å². The van der Waals surface area contributed by atoms with Gasteiger partial charge in [0.25, 0.3) is 0 Å². The molecule has 2 heterocycles. The van der Waals surface area contributed by atoms with Crippen LogP contribution in [0.15, 0.2) is 0 Å². The third-order valence-electron chi connectivity index (χ3n) is 3.14. The molecule has 1 aliphatic heterocycles. The fourth-order valence-corrected chi connectivity index (χ4v) is 2.01. The van der Waals surface area contributed by atoms with Gasteiger partial charge in [0.15, 0.2) is 0 Å². The van der Waals surface area contributed by atoms with Crippen LogP contribution in [0.4, 0.5) is 0 Å². The Kier molecular flexibility index (Phi) is 4.67. The molecule has 110 valence electrons. The number of carbonyl (C=O) groups excluding carboxylic acids is 2. The zero-order valence-electron chi connectivity index (χ0n) is 11.7. The molecule has 0 saturated heterocycles. The Morgan fingerprint density at radius 2 is 2.25 bits per heavy atom. The summed E-state index contributed by atoms with van der Waals surface area (Å²) in [6, 6.07) is 0. The number of hydrogen-bond acceptors (Lipinski definition) is 5. The minimum absolute atomic E-state index is 0.00338. The summed E-state index contributed by atoms with van der Waals surface area (Å²) in [6.07, 6.45) is 0. The van der Waals surface area contributed by atoms with E-state index in [1.807, 2.05) is 11.6 Å². The van der Waals surface area contributed by atoms with Gasteiger partial charge in [-0.3, -0.25) is 9.59 Å². The first-order chi connectivity index (χ1) is 9.56. The van der Waals surface area contributed by atoms with Crippen molar-refractivity contribution in [3.05, 3.63) is 11.4 Å². The predicted octanol–water partition coefficient (Wildman–Crippen LogP) is -1.01. The molecule has 0 bridgehead atoms. The van der Waals surface area contributed by atoms with Gasteiger partial charge in [-0.2, -0.15) is 0 Å². The van der Waals surface area contributed by atoms with Crippen molar-refractivity contribution in [2.75, 3.05) is 19.7 Å². The van der Waals surface area contributed by atoms with Gasteiger partial charge in [-0.1, -0.05) is 5.21 Å². The lowest BCUT2D eigenvalue weighted by molar-refractivity contribution is -0.125. The molecule has 1 atom stereocenters. The maximum Gasteiger partial charge on any atom is 0.239 e. The van der Waals surface area contributed by atoms with E-state index in [-0.39, 0.29) is 24.3 Å². The maximum absolute atomic E-state index is 11.5. The Bertz CT molecular complexity index is 499. The number of aromatic nitrogens is 3. The number of rotatable bonds is 4. The summed E-state index contributed by atoms with van der Waals surface area (Å²) >= 11 is 0. The molecule has 0 spiro atoms. The minimum atomic E-state index is -0.222. The Morgan fingerprint density at radius 1 is 1.45 bits per heavy atom. The molecule has 2 amide bonds. The quantitative estimate of drug-likeness (QED) is 0.736. The molecule has 1 aliphatic rings. The predicted molar refractivity (Wildman–Crippen MR) is 69.6 cm³/mol. The van der Waals surface area contributed by atoms with Crippen molar-refractivity contribution in [1.82, 2.24) is 25.6 Å². The van der Waals surface area contributed by atoms with Crippen LogP contribution in [0.5, 0.6) is 0 Å². The van der Waals surface area contributed by atoms with Crippen LogP contribution >= 0.6 is 0 Å². The molecule has 8 nitrogen and oxygen atoms in total. The van der Waals surface area contributed by atoms with E-state index in [1.165, 1.54) is 6.92 Å². The fraction of sp³-hybridized carbons (Fsp3) is 0.667. The molecule has 0 saturated carbocycles. The number of fused-ring (bicyclic) bond motifs is 1. The van der Waals surface area contributed by atoms with Gasteiger partial charge in [0.05, 0.1) is 31.1 Å². The van der Waals surface area contributed by atoms with Crippen LogP contribution in [-0.4, -0.2) is 46.5 Å². The van der Waals surface area contributed by atoms with Gasteiger partial charge in [-0.05, 0) is 6.92 Å². The third kappa shape index (κ3) is 3.77. The molecule has 1 aromatic rings. The maximum atomic E-state index is 11.5. The number of hydrogen-bond donors (Lipinski definition) is 2. The second kappa shape index (κ2) is 6.47. The highest BCUT2D eigenvalue weighted by Gasteiger charge is 2.20. The zero-order chi connectivity index (χ0) is 14.5. The second-order valence-electron chi connectivity index (χ2n) is 4.90. The second-order valence-corrected chi connectivity index (χ2v) is 4.90. The monoisotopic (exact) mass is 281 g/mol. The highest BCUT2D eigenvalue weighted by molar-refractivity contribution is 5.83. The lowest BCUT2D eigenvalue weighted by atomic mass is 10.1. The largest absolute Gasteiger partial charge is 0.375 e. The highest BCUT2D eigenvalue weighted by Crippen LogP contribution is 2.14. The topological polar surface area (TPSA) is 98.1 Å². The van der Waals surface area contributed by atoms with Crippen molar-refractivity contribution in [2.45, 2.75) is 27.0 Å². The molecule has 20 heavy (non-hydrogen) atoms. The van der Waals surface area contributed by atoms with Crippen LogP contribution in [0.25, 0.3) is 0 Å². The number of carbonyl (C=O) groups is 2. The summed E-state index contributed by atoms with van der Waals surface area (Å²) in [7, 11) is 0. The Balaban J connectivity index is 1.82. The smallest absolute Gasteiger partial charge is 0.239 e. The highest BCUT2D eigenvalue weighted by atomic mass is 16.5. The van der Waals surface area contributed by atoms with E-state index >= 15 is 0 Å². The van der Waals surface area contributed by atoms with Crippen molar-refractivity contribution < 1.29 is 14.3 Å². The number of nitrogens with zero attached hydrogens (tertiary/aromatic N) is 3. The molecular weight excluding hydrogens is 262 g/mol. The summed E-state index contributed by atoms with van der Waals surface area (Å²) in [5, 5.41) is 13.3. The van der Waals surface area contributed by atoms with E-state index in [0.717, 1.165) is 11.4 Å². The van der Waals surface area contributed by atoms with E-state index in [0.29, 0.717) is 26.3 Å². The Morgan fingerprint density at radius 3 is 3.00 bits per heavy atom. The van der Waals surface area contributed by atoms with Gasteiger partial charge in [-0.25, -0.2) is 4.68 Å². The molecule has 0 fully saturated rings. The summed E-state index contributed by atoms with van der Waals surface area (Å²) in [6.45, 7) is 5.47. The lowest BCUT2D eigenvalue weighted by Gasteiger charge is -2.14. The molecule has 2 rings (SSSR count). The van der Waals surface area contributed by atoms with E-state index in [9.17, 15) is 9.59 Å². The van der Waals surface area contributed by atoms with Gasteiger partial charge in [0.2, 0.25) is 11.8 Å². The van der Waals surface area contributed by atoms with Crippen LogP contribution in [-0.2, 0) is 27.5 Å². The summed E-state index contributed by atoms with van der Waals surface area (Å²) in [5.74, 6) is -0.293. The lowest BCUT2D eigenvalue weighted by Crippen LogP contribution is -2.39. The van der Waals surface area contributed by atoms with Crippen LogP contribution in [0.3, 0.4) is 0 Å². The Labute approximate surface area is 116 Å². The average molecular weight is 281 g/mol. The fourth-order valence-electron chi connectivity index (χ4n) is 2.01. The molecule has 1 aromatic heterocycles. The zero-order valence-corrected chi connectivity index (χ0v) is 11.7. The first kappa shape index (κ1) is 14.4. The summed E-state index contributed by atoms with van der Waals surface area (Å²) < 4.78 is 7.41. The first-order valence-corrected chi connectivity index (χ1v) is 6.54. The van der Waals surface area contributed by atoms with Gasteiger partial charge >= 0.3 is 0 Å². The van der Waals surface area contributed by atoms with Crippen LogP contribution < -0.4 is 10.6 Å². The van der Waals surface area contributed by atoms with Gasteiger partial charge in [0.1, 0.15) is 0 Å². The molecule has 0 unspecified atom stereocenters. The van der Waals surface area contributed by atoms with Gasteiger partial charge in [-0.15, -0.1) is 5.10 Å². The van der Waals surface area contributed by atoms with Crippen molar-refractivity contribution in [2.24, 2.45) is 5.92 Å². The normalized spacial score (nSPS) is 18.0. The molecule has 0 radical (unpaired) electrons. The molecular formula is C12H19N5O3. The number of ether oxygens (including phenoxy) is 1. The molecule has 0 aliphatic carbocycles. The molecule has 2 N–H and O–H groups in total. The summed E-state index contributed by atoms with van der Waals surface area (Å²) in [4.78, 5) is 22.2. The van der Waals surface area contributed by atoms with Crippen LogP contribution in [0, 0.1) is 12.8 Å². The number of nitrogens with one attached hydrogen (secondary N) is 2. The summed E-state index contributed by atoms with van der Waals surface area (Å²) in [5.41, 5.74) is 1.86. The van der Waals surface area contributed by atoms with Crippen molar-refractivity contribution in [3.63, 3.8) is 0 Å². The third-order valence-corrected chi connectivity index (χ3v) is 3.14. The Hall–Kier alpha value is -1.96. The standard InChI is InChI=1S/C12H19N5O3/c1-8-11-7-20-6-10(5-17(11)16-15-8)3-14-12(19)4-13-9(2)18/h10H,3-7H2,1-2H3,(H,13,18)(H,14,19)/t10-/m0/s1. The van der Waals surface area contributed by atoms with Crippen LogP contribution in [0.1, 0.15) is 18.3 Å². The van der Waals surface area contributed by atoms with Gasteiger partial charge < -0.3 is 15.4 Å². The van der Waals surface area contributed by atoms with Crippen molar-refractivity contribution >= 4 is 11.8 Å². The van der Waals surface area contributed by atoms with Gasteiger partial charge in [0, 0.05) is 25.9 Å². The first-order valence-electron chi connectivity index (χ1n) is 6.54. The van der Waals surface area contributed by atoms with Crippen molar-refractivity contribution in [1.29, 1.82) is 0 Å². The van der Waals surface area contributed by atoms with E-state index < -0.39 is 0 Å². The average Bonchev–Trinajstić information content (AvgIpc) is 2.64.